The summed E-state index contributed by atoms with van der Waals surface area (Å²) >= 11 is 0. The van der Waals surface area contributed by atoms with Gasteiger partial charge in [0.2, 0.25) is 0 Å². The van der Waals surface area contributed by atoms with E-state index in [2.05, 4.69) is 79.7 Å². The molecular formula is C20H30Zr. The molecule has 0 aliphatic heterocycles. The van der Waals surface area contributed by atoms with Crippen molar-refractivity contribution >= 4 is 0 Å². The summed E-state index contributed by atoms with van der Waals surface area (Å²) < 4.78 is 0. The van der Waals surface area contributed by atoms with E-state index in [1.807, 2.05) is 0 Å². The zero-order valence-electron chi connectivity index (χ0n) is 15.1. The van der Waals surface area contributed by atoms with Crippen molar-refractivity contribution in [1.82, 2.24) is 0 Å². The third-order valence-corrected chi connectivity index (χ3v) is 3.77. The van der Waals surface area contributed by atoms with Crippen molar-refractivity contribution in [2.75, 3.05) is 0 Å². The van der Waals surface area contributed by atoms with Crippen LogP contribution in [0.5, 0.6) is 0 Å². The Morgan fingerprint density at radius 2 is 1.00 bits per heavy atom. The average Bonchev–Trinajstić information content (AvgIpc) is 2.85. The quantitative estimate of drug-likeness (QED) is 0.449. The third-order valence-electron chi connectivity index (χ3n) is 3.77. The SMILES string of the molecule is CC1=[C-]CC=C1C(C)(C)C.CC1=[C-]CC=C1C(C)(C)C.[Zr+2]. The predicted molar refractivity (Wildman–Crippen MR) is 89.2 cm³/mol. The molecule has 0 fully saturated rings. The van der Waals surface area contributed by atoms with E-state index >= 15 is 0 Å². The molecule has 0 nitrogen and oxygen atoms in total. The van der Waals surface area contributed by atoms with Crippen LogP contribution >= 0.6 is 0 Å². The number of allylic oxidation sites excluding steroid dienone is 8. The number of hydrogen-bond acceptors (Lipinski definition) is 0. The smallest absolute Gasteiger partial charge is 0.269 e. The molecule has 0 aromatic carbocycles. The molecule has 0 saturated carbocycles. The van der Waals surface area contributed by atoms with E-state index in [9.17, 15) is 0 Å². The molecule has 0 atom stereocenters. The number of hydrogen-bond donors (Lipinski definition) is 0. The molecule has 0 heterocycles. The standard InChI is InChI=1S/2C10H15.Zr/c2*1-8-6-5-7-9(8)10(2,3)4;/h2*7H,5H2,1-4H3;/q2*-1;+2. The van der Waals surface area contributed by atoms with Crippen molar-refractivity contribution in [3.05, 3.63) is 46.6 Å². The second-order valence-electron chi connectivity index (χ2n) is 7.75. The Bertz CT molecular complexity index is 425. The molecule has 114 valence electrons. The molecular weight excluding hydrogens is 331 g/mol. The third kappa shape index (κ3) is 6.23. The molecule has 2 aliphatic rings. The monoisotopic (exact) mass is 360 g/mol. The van der Waals surface area contributed by atoms with E-state index in [0.29, 0.717) is 10.8 Å². The maximum absolute atomic E-state index is 3.30. The molecule has 0 saturated heterocycles. The zero-order valence-corrected chi connectivity index (χ0v) is 17.5. The van der Waals surface area contributed by atoms with Crippen LogP contribution in [-0.4, -0.2) is 0 Å². The Morgan fingerprint density at radius 3 is 1.10 bits per heavy atom. The molecule has 21 heavy (non-hydrogen) atoms. The van der Waals surface area contributed by atoms with Gasteiger partial charge in [-0.15, -0.1) is 12.8 Å². The van der Waals surface area contributed by atoms with Gasteiger partial charge in [-0.25, -0.2) is 11.1 Å². The fraction of sp³-hybridized carbons (Fsp3) is 0.600. The molecule has 0 unspecified atom stereocenters. The molecule has 0 bridgehead atoms. The Balaban J connectivity index is 0.000000364. The molecule has 2 rings (SSSR count). The van der Waals surface area contributed by atoms with Crippen LogP contribution in [0.2, 0.25) is 0 Å². The van der Waals surface area contributed by atoms with Crippen molar-refractivity contribution in [2.24, 2.45) is 10.8 Å². The van der Waals surface area contributed by atoms with Crippen LogP contribution in [0.3, 0.4) is 0 Å². The van der Waals surface area contributed by atoms with Crippen LogP contribution in [-0.2, 0) is 26.2 Å². The van der Waals surface area contributed by atoms with Crippen molar-refractivity contribution < 1.29 is 26.2 Å². The van der Waals surface area contributed by atoms with Gasteiger partial charge in [0.15, 0.2) is 0 Å². The minimum Gasteiger partial charge on any atom is -0.269 e. The van der Waals surface area contributed by atoms with Gasteiger partial charge in [0.1, 0.15) is 0 Å². The van der Waals surface area contributed by atoms with Gasteiger partial charge in [-0.05, 0) is 0 Å². The Kier molecular flexibility index (Phi) is 7.85. The van der Waals surface area contributed by atoms with Gasteiger partial charge in [0.05, 0.1) is 0 Å². The minimum atomic E-state index is 0. The fourth-order valence-electron chi connectivity index (χ4n) is 2.85. The summed E-state index contributed by atoms with van der Waals surface area (Å²) in [6.45, 7) is 17.8. The molecule has 0 spiro atoms. The zero-order chi connectivity index (χ0) is 15.6. The predicted octanol–water partition coefficient (Wildman–Crippen LogP) is 6.22. The minimum absolute atomic E-state index is 0. The summed E-state index contributed by atoms with van der Waals surface area (Å²) in [5.74, 6) is 0. The van der Waals surface area contributed by atoms with Gasteiger partial charge in [-0.3, -0.25) is 12.2 Å². The van der Waals surface area contributed by atoms with Crippen LogP contribution < -0.4 is 0 Å². The first-order chi connectivity index (χ1) is 9.03. The molecule has 0 amide bonds. The van der Waals surface area contributed by atoms with Crippen LogP contribution in [0.15, 0.2) is 34.4 Å². The van der Waals surface area contributed by atoms with Gasteiger partial charge >= 0.3 is 26.2 Å². The molecule has 0 N–H and O–H groups in total. The van der Waals surface area contributed by atoms with E-state index in [-0.39, 0.29) is 26.2 Å². The van der Waals surface area contributed by atoms with Gasteiger partial charge < -0.3 is 0 Å². The van der Waals surface area contributed by atoms with Crippen LogP contribution in [0.1, 0.15) is 68.2 Å². The average molecular weight is 362 g/mol. The summed E-state index contributed by atoms with van der Waals surface area (Å²) in [6, 6.07) is 0. The van der Waals surface area contributed by atoms with E-state index < -0.39 is 0 Å². The van der Waals surface area contributed by atoms with Gasteiger partial charge in [0.25, 0.3) is 0 Å². The second-order valence-corrected chi connectivity index (χ2v) is 7.75. The van der Waals surface area contributed by atoms with Crippen molar-refractivity contribution in [3.63, 3.8) is 0 Å². The summed E-state index contributed by atoms with van der Waals surface area (Å²) in [7, 11) is 0. The van der Waals surface area contributed by atoms with Crippen molar-refractivity contribution in [1.29, 1.82) is 0 Å². The van der Waals surface area contributed by atoms with E-state index in [1.165, 1.54) is 22.3 Å². The molecule has 0 aromatic heterocycles. The van der Waals surface area contributed by atoms with Crippen LogP contribution in [0, 0.1) is 23.0 Å². The molecule has 0 aromatic rings. The normalized spacial score (nSPS) is 17.9. The van der Waals surface area contributed by atoms with E-state index in [0.717, 1.165) is 12.8 Å². The first-order valence-corrected chi connectivity index (χ1v) is 7.60. The van der Waals surface area contributed by atoms with Gasteiger partial charge in [0, 0.05) is 0 Å². The van der Waals surface area contributed by atoms with Crippen LogP contribution in [0.25, 0.3) is 0 Å². The molecule has 2 aliphatic carbocycles. The summed E-state index contributed by atoms with van der Waals surface area (Å²) in [5, 5.41) is 0. The topological polar surface area (TPSA) is 0 Å². The number of rotatable bonds is 0. The largest absolute Gasteiger partial charge is 2.00 e. The van der Waals surface area contributed by atoms with E-state index in [1.54, 1.807) is 0 Å². The summed E-state index contributed by atoms with van der Waals surface area (Å²) in [4.78, 5) is 0. The Morgan fingerprint density at radius 1 is 0.714 bits per heavy atom. The Hall–Kier alpha value is -0.157. The van der Waals surface area contributed by atoms with E-state index in [4.69, 9.17) is 0 Å². The first-order valence-electron chi connectivity index (χ1n) is 7.60. The van der Waals surface area contributed by atoms with Crippen molar-refractivity contribution in [2.45, 2.75) is 68.2 Å². The van der Waals surface area contributed by atoms with Gasteiger partial charge in [-0.1, -0.05) is 66.2 Å². The second kappa shape index (κ2) is 7.91. The van der Waals surface area contributed by atoms with Gasteiger partial charge in [-0.2, -0.15) is 23.3 Å². The Labute approximate surface area is 151 Å². The van der Waals surface area contributed by atoms with Crippen LogP contribution in [0.4, 0.5) is 0 Å². The first kappa shape index (κ1) is 20.8. The molecule has 0 radical (unpaired) electrons. The summed E-state index contributed by atoms with van der Waals surface area (Å²) in [5.41, 5.74) is 6.24. The summed E-state index contributed by atoms with van der Waals surface area (Å²) in [6.07, 6.45) is 13.2. The fourth-order valence-corrected chi connectivity index (χ4v) is 2.85. The van der Waals surface area contributed by atoms with Crippen molar-refractivity contribution in [3.8, 4) is 0 Å². The maximum Gasteiger partial charge on any atom is 2.00 e. The molecule has 1 heteroatoms. The maximum atomic E-state index is 3.30.